The number of oxazole rings is 1. The molecule has 5 nitrogen and oxygen atoms in total. The van der Waals surface area contributed by atoms with Crippen molar-refractivity contribution < 1.29 is 4.42 Å². The minimum absolute atomic E-state index is 0.664. The first kappa shape index (κ1) is 12.8. The van der Waals surface area contributed by atoms with E-state index in [0.717, 1.165) is 36.7 Å². The maximum atomic E-state index is 5.74. The maximum absolute atomic E-state index is 5.74. The van der Waals surface area contributed by atoms with Crippen LogP contribution in [0.5, 0.6) is 0 Å². The highest BCUT2D eigenvalue weighted by atomic mass is 16.4. The van der Waals surface area contributed by atoms with Gasteiger partial charge in [0.25, 0.3) is 0 Å². The third kappa shape index (κ3) is 2.61. The molecule has 0 saturated heterocycles. The van der Waals surface area contributed by atoms with Crippen LogP contribution in [0.25, 0.3) is 11.5 Å². The first-order chi connectivity index (χ1) is 8.78. The van der Waals surface area contributed by atoms with E-state index < -0.39 is 0 Å². The molecule has 0 aliphatic rings. The standard InChI is InChI=1S/C13H20N4O/c1-4-10-7-11(17(6-3)16-10)12-8-15-13(18-12)9-14-5-2/h7-8,14H,4-6,9H2,1-3H3. The van der Waals surface area contributed by atoms with Crippen LogP contribution in [-0.2, 0) is 19.5 Å². The highest BCUT2D eigenvalue weighted by molar-refractivity contribution is 5.52. The topological polar surface area (TPSA) is 55.9 Å². The van der Waals surface area contributed by atoms with E-state index in [9.17, 15) is 0 Å². The predicted molar refractivity (Wildman–Crippen MR) is 70.2 cm³/mol. The summed E-state index contributed by atoms with van der Waals surface area (Å²) >= 11 is 0. The first-order valence-electron chi connectivity index (χ1n) is 6.51. The van der Waals surface area contributed by atoms with Gasteiger partial charge in [0, 0.05) is 6.54 Å². The van der Waals surface area contributed by atoms with E-state index in [4.69, 9.17) is 4.42 Å². The number of hydrogen-bond acceptors (Lipinski definition) is 4. The Labute approximate surface area is 107 Å². The molecule has 0 fully saturated rings. The van der Waals surface area contributed by atoms with Gasteiger partial charge in [-0.1, -0.05) is 13.8 Å². The molecular formula is C13H20N4O. The molecule has 18 heavy (non-hydrogen) atoms. The molecule has 5 heteroatoms. The number of aryl methyl sites for hydroxylation is 2. The quantitative estimate of drug-likeness (QED) is 0.851. The summed E-state index contributed by atoms with van der Waals surface area (Å²) in [4.78, 5) is 4.27. The fraction of sp³-hybridized carbons (Fsp3) is 0.538. The van der Waals surface area contributed by atoms with Crippen molar-refractivity contribution in [3.63, 3.8) is 0 Å². The summed E-state index contributed by atoms with van der Waals surface area (Å²) in [6.07, 6.45) is 2.70. The summed E-state index contributed by atoms with van der Waals surface area (Å²) in [6.45, 7) is 8.64. The summed E-state index contributed by atoms with van der Waals surface area (Å²) in [5, 5.41) is 7.70. The molecule has 0 aliphatic heterocycles. The second kappa shape index (κ2) is 5.82. The Morgan fingerprint density at radius 3 is 2.83 bits per heavy atom. The van der Waals surface area contributed by atoms with Crippen LogP contribution in [0.15, 0.2) is 16.7 Å². The lowest BCUT2D eigenvalue weighted by Gasteiger charge is -2.00. The van der Waals surface area contributed by atoms with E-state index in [-0.39, 0.29) is 0 Å². The second-order valence-corrected chi connectivity index (χ2v) is 4.09. The van der Waals surface area contributed by atoms with E-state index in [2.05, 4.69) is 42.2 Å². The maximum Gasteiger partial charge on any atom is 0.208 e. The molecule has 2 aromatic heterocycles. The van der Waals surface area contributed by atoms with Crippen molar-refractivity contribution in [2.45, 2.75) is 40.3 Å². The van der Waals surface area contributed by atoms with Crippen LogP contribution in [0.4, 0.5) is 0 Å². The summed E-state index contributed by atoms with van der Waals surface area (Å²) in [7, 11) is 0. The lowest BCUT2D eigenvalue weighted by molar-refractivity contribution is 0.477. The highest BCUT2D eigenvalue weighted by Gasteiger charge is 2.12. The Morgan fingerprint density at radius 2 is 2.17 bits per heavy atom. The van der Waals surface area contributed by atoms with E-state index >= 15 is 0 Å². The molecule has 0 atom stereocenters. The van der Waals surface area contributed by atoms with Gasteiger partial charge in [0.05, 0.1) is 18.4 Å². The molecular weight excluding hydrogens is 228 g/mol. The molecule has 0 aromatic carbocycles. The van der Waals surface area contributed by atoms with Gasteiger partial charge in [0.2, 0.25) is 5.89 Å². The molecule has 0 spiro atoms. The van der Waals surface area contributed by atoms with E-state index in [1.807, 2.05) is 4.68 Å². The molecule has 2 aromatic rings. The summed E-state index contributed by atoms with van der Waals surface area (Å²) in [5.41, 5.74) is 2.08. The van der Waals surface area contributed by atoms with Gasteiger partial charge in [0.15, 0.2) is 5.76 Å². The summed E-state index contributed by atoms with van der Waals surface area (Å²) in [5.74, 6) is 1.51. The normalized spacial score (nSPS) is 11.1. The van der Waals surface area contributed by atoms with Crippen LogP contribution in [-0.4, -0.2) is 21.3 Å². The van der Waals surface area contributed by atoms with Crippen molar-refractivity contribution in [2.75, 3.05) is 6.54 Å². The number of nitrogens with zero attached hydrogens (tertiary/aromatic N) is 3. The van der Waals surface area contributed by atoms with Crippen molar-refractivity contribution in [3.05, 3.63) is 23.8 Å². The fourth-order valence-electron chi connectivity index (χ4n) is 1.82. The second-order valence-electron chi connectivity index (χ2n) is 4.09. The predicted octanol–water partition coefficient (Wildman–Crippen LogP) is 2.23. The Kier molecular flexibility index (Phi) is 4.15. The number of nitrogens with one attached hydrogen (secondary N) is 1. The zero-order valence-electron chi connectivity index (χ0n) is 11.2. The molecule has 2 rings (SSSR count). The van der Waals surface area contributed by atoms with Crippen LogP contribution in [0.2, 0.25) is 0 Å². The van der Waals surface area contributed by atoms with Gasteiger partial charge in [-0.25, -0.2) is 4.98 Å². The molecule has 2 heterocycles. The smallest absolute Gasteiger partial charge is 0.208 e. The zero-order chi connectivity index (χ0) is 13.0. The fourth-order valence-corrected chi connectivity index (χ4v) is 1.82. The van der Waals surface area contributed by atoms with Gasteiger partial charge in [0.1, 0.15) is 5.69 Å². The van der Waals surface area contributed by atoms with Crippen LogP contribution < -0.4 is 5.32 Å². The van der Waals surface area contributed by atoms with Crippen LogP contribution in [0.3, 0.4) is 0 Å². The van der Waals surface area contributed by atoms with E-state index in [1.54, 1.807) is 6.20 Å². The summed E-state index contributed by atoms with van der Waals surface area (Å²) in [6, 6.07) is 2.07. The van der Waals surface area contributed by atoms with Crippen LogP contribution in [0, 0.1) is 0 Å². The minimum Gasteiger partial charge on any atom is -0.438 e. The molecule has 98 valence electrons. The third-order valence-corrected chi connectivity index (χ3v) is 2.82. The number of hydrogen-bond donors (Lipinski definition) is 1. The molecule has 0 amide bonds. The van der Waals surface area contributed by atoms with Gasteiger partial charge in [-0.3, -0.25) is 4.68 Å². The molecule has 0 aliphatic carbocycles. The zero-order valence-corrected chi connectivity index (χ0v) is 11.2. The van der Waals surface area contributed by atoms with E-state index in [0.29, 0.717) is 12.4 Å². The van der Waals surface area contributed by atoms with Gasteiger partial charge in [-0.2, -0.15) is 5.10 Å². The molecule has 0 bridgehead atoms. The molecule has 0 unspecified atom stereocenters. The lowest BCUT2D eigenvalue weighted by atomic mass is 10.3. The Hall–Kier alpha value is -1.62. The van der Waals surface area contributed by atoms with Crippen LogP contribution >= 0.6 is 0 Å². The van der Waals surface area contributed by atoms with Crippen molar-refractivity contribution in [1.29, 1.82) is 0 Å². The van der Waals surface area contributed by atoms with Gasteiger partial charge in [-0.15, -0.1) is 0 Å². The lowest BCUT2D eigenvalue weighted by Crippen LogP contribution is -2.11. The van der Waals surface area contributed by atoms with Crippen molar-refractivity contribution >= 4 is 0 Å². The van der Waals surface area contributed by atoms with Gasteiger partial charge >= 0.3 is 0 Å². The van der Waals surface area contributed by atoms with Crippen molar-refractivity contribution in [2.24, 2.45) is 0 Å². The number of aromatic nitrogens is 3. The molecule has 0 radical (unpaired) electrons. The Bertz CT molecular complexity index is 501. The van der Waals surface area contributed by atoms with Gasteiger partial charge in [-0.05, 0) is 26.0 Å². The summed E-state index contributed by atoms with van der Waals surface area (Å²) < 4.78 is 7.69. The first-order valence-corrected chi connectivity index (χ1v) is 6.51. The van der Waals surface area contributed by atoms with Crippen molar-refractivity contribution in [1.82, 2.24) is 20.1 Å². The number of rotatable bonds is 6. The average Bonchev–Trinajstić information content (AvgIpc) is 3.02. The SMILES string of the molecule is CCNCc1ncc(-c2cc(CC)nn2CC)o1. The monoisotopic (exact) mass is 248 g/mol. The Balaban J connectivity index is 2.24. The molecule has 0 saturated carbocycles. The van der Waals surface area contributed by atoms with E-state index in [1.165, 1.54) is 0 Å². The molecule has 1 N–H and O–H groups in total. The van der Waals surface area contributed by atoms with Gasteiger partial charge < -0.3 is 9.73 Å². The minimum atomic E-state index is 0.664. The largest absolute Gasteiger partial charge is 0.438 e. The third-order valence-electron chi connectivity index (χ3n) is 2.82. The Morgan fingerprint density at radius 1 is 1.33 bits per heavy atom. The van der Waals surface area contributed by atoms with Crippen molar-refractivity contribution in [3.8, 4) is 11.5 Å². The highest BCUT2D eigenvalue weighted by Crippen LogP contribution is 2.22. The average molecular weight is 248 g/mol. The van der Waals surface area contributed by atoms with Crippen LogP contribution in [0.1, 0.15) is 32.4 Å².